The van der Waals surface area contributed by atoms with Gasteiger partial charge in [0, 0.05) is 39.9 Å². The molecule has 5 heteroatoms. The minimum Gasteiger partial charge on any atom is -0.375 e. The Kier molecular flexibility index (Phi) is 3.60. The van der Waals surface area contributed by atoms with Crippen molar-refractivity contribution >= 4 is 5.69 Å². The number of hydrogen-bond acceptors (Lipinski definition) is 4. The summed E-state index contributed by atoms with van der Waals surface area (Å²) in [6, 6.07) is 0. The van der Waals surface area contributed by atoms with Crippen LogP contribution in [0.4, 0.5) is 5.69 Å². The normalized spacial score (nSPS) is 17.8. The topological polar surface area (TPSA) is 50.3 Å². The SMILES string of the molecule is CC#CCN1CC(CN)(n2cc(N(C)C)cn2)C1. The van der Waals surface area contributed by atoms with E-state index in [-0.39, 0.29) is 5.54 Å². The predicted molar refractivity (Wildman–Crippen MR) is 73.5 cm³/mol. The zero-order valence-electron chi connectivity index (χ0n) is 11.3. The molecule has 1 saturated heterocycles. The Morgan fingerprint density at radius 2 is 2.22 bits per heavy atom. The van der Waals surface area contributed by atoms with Crippen molar-refractivity contribution in [3.05, 3.63) is 12.4 Å². The van der Waals surface area contributed by atoms with E-state index in [0.717, 1.165) is 25.3 Å². The van der Waals surface area contributed by atoms with Crippen LogP contribution in [0.2, 0.25) is 0 Å². The van der Waals surface area contributed by atoms with Crippen molar-refractivity contribution in [1.29, 1.82) is 0 Å². The third-order valence-corrected chi connectivity index (χ3v) is 3.47. The molecule has 1 fully saturated rings. The van der Waals surface area contributed by atoms with Crippen LogP contribution in [-0.2, 0) is 5.54 Å². The highest BCUT2D eigenvalue weighted by molar-refractivity contribution is 5.40. The van der Waals surface area contributed by atoms with Gasteiger partial charge in [0.1, 0.15) is 5.54 Å². The van der Waals surface area contributed by atoms with Crippen LogP contribution in [0.3, 0.4) is 0 Å². The maximum atomic E-state index is 5.94. The largest absolute Gasteiger partial charge is 0.375 e. The van der Waals surface area contributed by atoms with Crippen LogP contribution in [0.15, 0.2) is 12.4 Å². The van der Waals surface area contributed by atoms with Crippen molar-refractivity contribution in [2.45, 2.75) is 12.5 Å². The van der Waals surface area contributed by atoms with E-state index >= 15 is 0 Å². The number of rotatable bonds is 4. The van der Waals surface area contributed by atoms with Gasteiger partial charge in [-0.2, -0.15) is 5.10 Å². The standard InChI is InChI=1S/C13H21N5/c1-4-5-6-17-10-13(9-14,11-17)18-8-12(7-15-18)16(2)3/h7-8H,6,9-11,14H2,1-3H3. The van der Waals surface area contributed by atoms with E-state index in [1.165, 1.54) is 0 Å². The summed E-state index contributed by atoms with van der Waals surface area (Å²) in [5.74, 6) is 6.00. The van der Waals surface area contributed by atoms with Crippen molar-refractivity contribution in [2.75, 3.05) is 45.2 Å². The van der Waals surface area contributed by atoms with E-state index in [9.17, 15) is 0 Å². The smallest absolute Gasteiger partial charge is 0.100 e. The minimum atomic E-state index is -0.0519. The molecule has 1 aliphatic heterocycles. The second-order valence-corrected chi connectivity index (χ2v) is 5.04. The average Bonchev–Trinajstić information content (AvgIpc) is 2.78. The lowest BCUT2D eigenvalue weighted by atomic mass is 9.90. The zero-order chi connectivity index (χ0) is 13.2. The van der Waals surface area contributed by atoms with Gasteiger partial charge in [-0.3, -0.25) is 9.58 Å². The van der Waals surface area contributed by atoms with Crippen molar-refractivity contribution in [1.82, 2.24) is 14.7 Å². The summed E-state index contributed by atoms with van der Waals surface area (Å²) in [6.45, 7) is 5.14. The fourth-order valence-corrected chi connectivity index (χ4v) is 2.26. The first-order chi connectivity index (χ1) is 8.61. The highest BCUT2D eigenvalue weighted by Gasteiger charge is 2.43. The molecule has 1 aliphatic rings. The summed E-state index contributed by atoms with van der Waals surface area (Å²) >= 11 is 0. The number of nitrogens with two attached hydrogens (primary N) is 1. The maximum absolute atomic E-state index is 5.94. The highest BCUT2D eigenvalue weighted by Crippen LogP contribution is 2.28. The number of nitrogens with zero attached hydrogens (tertiary/aromatic N) is 4. The number of anilines is 1. The molecule has 0 saturated carbocycles. The van der Waals surface area contributed by atoms with Crippen LogP contribution < -0.4 is 10.6 Å². The molecule has 0 bridgehead atoms. The van der Waals surface area contributed by atoms with Crippen molar-refractivity contribution in [2.24, 2.45) is 5.73 Å². The molecule has 98 valence electrons. The van der Waals surface area contributed by atoms with Gasteiger partial charge < -0.3 is 10.6 Å². The van der Waals surface area contributed by atoms with Gasteiger partial charge in [0.15, 0.2) is 0 Å². The molecule has 0 unspecified atom stereocenters. The second-order valence-electron chi connectivity index (χ2n) is 5.04. The monoisotopic (exact) mass is 247 g/mol. The van der Waals surface area contributed by atoms with Crippen molar-refractivity contribution in [3.8, 4) is 11.8 Å². The van der Waals surface area contributed by atoms with Gasteiger partial charge >= 0.3 is 0 Å². The Morgan fingerprint density at radius 1 is 1.50 bits per heavy atom. The Bertz CT molecular complexity index is 459. The van der Waals surface area contributed by atoms with E-state index in [2.05, 4.69) is 28.0 Å². The zero-order valence-corrected chi connectivity index (χ0v) is 11.3. The van der Waals surface area contributed by atoms with E-state index in [4.69, 9.17) is 5.73 Å². The van der Waals surface area contributed by atoms with E-state index in [1.807, 2.05) is 36.8 Å². The molecule has 1 aromatic heterocycles. The van der Waals surface area contributed by atoms with Gasteiger partial charge in [0.2, 0.25) is 0 Å². The van der Waals surface area contributed by atoms with Crippen LogP contribution in [0.25, 0.3) is 0 Å². The lowest BCUT2D eigenvalue weighted by Crippen LogP contribution is -2.66. The summed E-state index contributed by atoms with van der Waals surface area (Å²) < 4.78 is 2.01. The number of likely N-dealkylation sites (tertiary alicyclic amines) is 1. The quantitative estimate of drug-likeness (QED) is 0.758. The van der Waals surface area contributed by atoms with E-state index in [0.29, 0.717) is 6.54 Å². The molecular weight excluding hydrogens is 226 g/mol. The lowest BCUT2D eigenvalue weighted by molar-refractivity contribution is 0.0196. The average molecular weight is 247 g/mol. The van der Waals surface area contributed by atoms with E-state index in [1.54, 1.807) is 0 Å². The van der Waals surface area contributed by atoms with Crippen LogP contribution in [0.5, 0.6) is 0 Å². The summed E-state index contributed by atoms with van der Waals surface area (Å²) in [5, 5.41) is 4.45. The Labute approximate surface area is 109 Å². The molecule has 5 nitrogen and oxygen atoms in total. The van der Waals surface area contributed by atoms with Gasteiger partial charge in [-0.1, -0.05) is 5.92 Å². The molecule has 2 heterocycles. The highest BCUT2D eigenvalue weighted by atomic mass is 15.4. The minimum absolute atomic E-state index is 0.0519. The molecule has 1 aromatic rings. The molecule has 0 spiro atoms. The lowest BCUT2D eigenvalue weighted by Gasteiger charge is -2.48. The van der Waals surface area contributed by atoms with Crippen molar-refractivity contribution in [3.63, 3.8) is 0 Å². The third-order valence-electron chi connectivity index (χ3n) is 3.47. The molecule has 0 amide bonds. The Hall–Kier alpha value is -1.51. The van der Waals surface area contributed by atoms with Crippen molar-refractivity contribution < 1.29 is 0 Å². The summed E-state index contributed by atoms with van der Waals surface area (Å²) in [7, 11) is 4.03. The van der Waals surface area contributed by atoms with Crippen LogP contribution in [0, 0.1) is 11.8 Å². The first-order valence-electron chi connectivity index (χ1n) is 6.16. The third kappa shape index (κ3) is 2.22. The first-order valence-corrected chi connectivity index (χ1v) is 6.16. The Morgan fingerprint density at radius 3 is 2.72 bits per heavy atom. The molecule has 2 rings (SSSR count). The summed E-state index contributed by atoms with van der Waals surface area (Å²) in [5.41, 5.74) is 6.99. The molecular formula is C13H21N5. The molecule has 0 atom stereocenters. The van der Waals surface area contributed by atoms with Gasteiger partial charge in [-0.05, 0) is 6.92 Å². The maximum Gasteiger partial charge on any atom is 0.100 e. The fraction of sp³-hybridized carbons (Fsp3) is 0.615. The Balaban J connectivity index is 2.07. The van der Waals surface area contributed by atoms with Crippen LogP contribution >= 0.6 is 0 Å². The van der Waals surface area contributed by atoms with Gasteiger partial charge in [0.25, 0.3) is 0 Å². The predicted octanol–water partition coefficient (Wildman–Crippen LogP) is -0.0580. The van der Waals surface area contributed by atoms with Gasteiger partial charge in [-0.15, -0.1) is 5.92 Å². The summed E-state index contributed by atoms with van der Waals surface area (Å²) in [6.07, 6.45) is 3.95. The second kappa shape index (κ2) is 5.01. The van der Waals surface area contributed by atoms with Crippen LogP contribution in [-0.4, -0.2) is 55.0 Å². The molecule has 0 aliphatic carbocycles. The fourth-order valence-electron chi connectivity index (χ4n) is 2.26. The van der Waals surface area contributed by atoms with Gasteiger partial charge in [0.05, 0.1) is 18.4 Å². The first kappa shape index (κ1) is 12.9. The van der Waals surface area contributed by atoms with Gasteiger partial charge in [-0.25, -0.2) is 0 Å². The molecule has 0 aromatic carbocycles. The molecule has 2 N–H and O–H groups in total. The summed E-state index contributed by atoms with van der Waals surface area (Å²) in [4.78, 5) is 4.34. The molecule has 0 radical (unpaired) electrons. The van der Waals surface area contributed by atoms with E-state index < -0.39 is 0 Å². The molecule has 18 heavy (non-hydrogen) atoms. The van der Waals surface area contributed by atoms with Crippen LogP contribution in [0.1, 0.15) is 6.92 Å². The number of aromatic nitrogens is 2. The number of hydrogen-bond donors (Lipinski definition) is 1.